The molecule has 9 nitrogen and oxygen atoms in total. The van der Waals surface area contributed by atoms with E-state index < -0.39 is 10.0 Å². The van der Waals surface area contributed by atoms with Gasteiger partial charge in [-0.05, 0) is 42.5 Å². The van der Waals surface area contributed by atoms with E-state index in [1.807, 2.05) is 18.3 Å². The van der Waals surface area contributed by atoms with Gasteiger partial charge in [-0.3, -0.25) is 9.40 Å². The Labute approximate surface area is 169 Å². The van der Waals surface area contributed by atoms with E-state index in [2.05, 4.69) is 15.0 Å². The van der Waals surface area contributed by atoms with Crippen LogP contribution < -0.4 is 9.46 Å². The van der Waals surface area contributed by atoms with E-state index in [1.54, 1.807) is 16.9 Å². The highest BCUT2D eigenvalue weighted by Crippen LogP contribution is 2.34. The summed E-state index contributed by atoms with van der Waals surface area (Å²) < 4.78 is 45.4. The minimum Gasteiger partial charge on any atom is -0.496 e. The van der Waals surface area contributed by atoms with Crippen molar-refractivity contribution in [1.82, 2.24) is 14.9 Å². The molecule has 0 bridgehead atoms. The minimum atomic E-state index is -3.63. The van der Waals surface area contributed by atoms with Crippen LogP contribution in [0.1, 0.15) is 24.8 Å². The van der Waals surface area contributed by atoms with Gasteiger partial charge in [-0.15, -0.1) is 0 Å². The van der Waals surface area contributed by atoms with Crippen LogP contribution in [0.4, 0.5) is 5.82 Å². The van der Waals surface area contributed by atoms with Gasteiger partial charge in [-0.1, -0.05) is 11.6 Å². The summed E-state index contributed by atoms with van der Waals surface area (Å²) >= 11 is 0. The number of hydrogen-bond acceptors (Lipinski definition) is 7. The van der Waals surface area contributed by atoms with Gasteiger partial charge in [0, 0.05) is 19.0 Å². The zero-order valence-corrected chi connectivity index (χ0v) is 17.0. The van der Waals surface area contributed by atoms with Gasteiger partial charge in [-0.2, -0.15) is 5.10 Å². The van der Waals surface area contributed by atoms with E-state index in [4.69, 9.17) is 14.0 Å². The van der Waals surface area contributed by atoms with Gasteiger partial charge in [-0.25, -0.2) is 8.42 Å². The molecule has 0 saturated heterocycles. The molecule has 0 amide bonds. The number of rotatable bonds is 10. The van der Waals surface area contributed by atoms with E-state index in [1.165, 1.54) is 13.5 Å². The zero-order chi connectivity index (χ0) is 20.3. The Morgan fingerprint density at radius 3 is 2.90 bits per heavy atom. The predicted octanol–water partition coefficient (Wildman–Crippen LogP) is 2.64. The van der Waals surface area contributed by atoms with Crippen LogP contribution in [0.15, 0.2) is 35.1 Å². The molecule has 1 aliphatic rings. The first-order valence-electron chi connectivity index (χ1n) is 9.56. The van der Waals surface area contributed by atoms with Crippen LogP contribution in [0, 0.1) is 5.92 Å². The van der Waals surface area contributed by atoms with Crippen LogP contribution in [-0.4, -0.2) is 49.4 Å². The highest BCUT2D eigenvalue weighted by atomic mass is 32.2. The fourth-order valence-corrected chi connectivity index (χ4v) is 4.14. The molecule has 3 aromatic rings. The summed E-state index contributed by atoms with van der Waals surface area (Å²) in [4.78, 5) is 0. The molecule has 1 aromatic carbocycles. The number of hydrogen-bond donors (Lipinski definition) is 1. The summed E-state index contributed by atoms with van der Waals surface area (Å²) in [6.45, 7) is 1.29. The topological polar surface area (TPSA) is 108 Å². The van der Waals surface area contributed by atoms with Crippen molar-refractivity contribution in [3.8, 4) is 5.75 Å². The van der Waals surface area contributed by atoms with Crippen molar-refractivity contribution in [2.24, 2.45) is 5.92 Å². The minimum absolute atomic E-state index is 0.112. The summed E-state index contributed by atoms with van der Waals surface area (Å²) in [5.74, 6) is 1.02. The first-order valence-corrected chi connectivity index (χ1v) is 11.2. The van der Waals surface area contributed by atoms with Crippen LogP contribution in [0.2, 0.25) is 0 Å². The van der Waals surface area contributed by atoms with Gasteiger partial charge in [0.05, 0.1) is 26.0 Å². The normalized spacial score (nSPS) is 14.8. The van der Waals surface area contributed by atoms with Gasteiger partial charge in [0.25, 0.3) is 0 Å². The molecular formula is C19H24N4O5S. The molecule has 0 spiro atoms. The number of nitrogens with zero attached hydrogens (tertiary/aromatic N) is 3. The van der Waals surface area contributed by atoms with Crippen molar-refractivity contribution in [1.29, 1.82) is 0 Å². The third kappa shape index (κ3) is 4.70. The largest absolute Gasteiger partial charge is 0.496 e. The summed E-state index contributed by atoms with van der Waals surface area (Å²) in [7, 11) is -2.11. The number of aromatic nitrogens is 3. The molecule has 2 aromatic heterocycles. The molecule has 1 saturated carbocycles. The fourth-order valence-electron chi connectivity index (χ4n) is 3.27. The average Bonchev–Trinajstić information content (AvgIpc) is 3.29. The lowest BCUT2D eigenvalue weighted by Crippen LogP contribution is -2.23. The summed E-state index contributed by atoms with van der Waals surface area (Å²) in [5.41, 5.74) is 1.33. The van der Waals surface area contributed by atoms with Crippen LogP contribution in [0.5, 0.6) is 5.75 Å². The molecule has 4 rings (SSSR count). The van der Waals surface area contributed by atoms with Gasteiger partial charge >= 0.3 is 0 Å². The molecule has 0 aliphatic heterocycles. The second-order valence-corrected chi connectivity index (χ2v) is 9.04. The molecule has 2 heterocycles. The van der Waals surface area contributed by atoms with Gasteiger partial charge in [0.1, 0.15) is 11.1 Å². The van der Waals surface area contributed by atoms with Gasteiger partial charge in [0.15, 0.2) is 11.4 Å². The maximum absolute atomic E-state index is 12.4. The van der Waals surface area contributed by atoms with Gasteiger partial charge in [0.2, 0.25) is 10.0 Å². The number of benzene rings is 1. The van der Waals surface area contributed by atoms with Crippen LogP contribution in [0.25, 0.3) is 11.0 Å². The molecule has 0 unspecified atom stereocenters. The second kappa shape index (κ2) is 8.42. The Bertz CT molecular complexity index is 1060. The molecule has 0 radical (unpaired) electrons. The van der Waals surface area contributed by atoms with Crippen LogP contribution in [0.3, 0.4) is 0 Å². The Balaban J connectivity index is 1.46. The number of ether oxygens (including phenoxy) is 2. The van der Waals surface area contributed by atoms with Gasteiger partial charge < -0.3 is 14.0 Å². The summed E-state index contributed by atoms with van der Waals surface area (Å²) in [6, 6.07) is 5.46. The van der Waals surface area contributed by atoms with Crippen molar-refractivity contribution >= 4 is 26.8 Å². The molecule has 156 valence electrons. The zero-order valence-electron chi connectivity index (χ0n) is 16.2. The van der Waals surface area contributed by atoms with Crippen molar-refractivity contribution < 1.29 is 22.4 Å². The third-order valence-corrected chi connectivity index (χ3v) is 6.26. The highest BCUT2D eigenvalue weighted by molar-refractivity contribution is 7.92. The van der Waals surface area contributed by atoms with E-state index in [9.17, 15) is 8.42 Å². The van der Waals surface area contributed by atoms with Crippen molar-refractivity contribution in [2.75, 3.05) is 30.8 Å². The van der Waals surface area contributed by atoms with Crippen molar-refractivity contribution in [3.05, 3.63) is 36.2 Å². The first kappa shape index (κ1) is 19.7. The smallest absolute Gasteiger partial charge is 0.236 e. The van der Waals surface area contributed by atoms with Crippen molar-refractivity contribution in [2.45, 2.75) is 25.8 Å². The highest BCUT2D eigenvalue weighted by Gasteiger charge is 2.21. The first-order chi connectivity index (χ1) is 14.0. The molecule has 1 fully saturated rings. The SMILES string of the molecule is COc1cc(Cn2cccn2)cc2onc(NS(=O)(=O)CCOCC3CCC3)c12. The Hall–Kier alpha value is -2.59. The van der Waals surface area contributed by atoms with Crippen LogP contribution >= 0.6 is 0 Å². The third-order valence-electron chi connectivity index (χ3n) is 5.05. The molecule has 1 N–H and O–H groups in total. The van der Waals surface area contributed by atoms with Crippen LogP contribution in [-0.2, 0) is 21.3 Å². The molecule has 0 atom stereocenters. The summed E-state index contributed by atoms with van der Waals surface area (Å²) in [5, 5.41) is 8.56. The Morgan fingerprint density at radius 1 is 1.34 bits per heavy atom. The fraction of sp³-hybridized carbons (Fsp3) is 0.474. The number of methoxy groups -OCH3 is 1. The second-order valence-electron chi connectivity index (χ2n) is 7.20. The lowest BCUT2D eigenvalue weighted by atomic mass is 9.86. The molecule has 10 heteroatoms. The lowest BCUT2D eigenvalue weighted by molar-refractivity contribution is 0.0800. The van der Waals surface area contributed by atoms with Crippen molar-refractivity contribution in [3.63, 3.8) is 0 Å². The lowest BCUT2D eigenvalue weighted by Gasteiger charge is -2.24. The Kier molecular flexibility index (Phi) is 5.72. The summed E-state index contributed by atoms with van der Waals surface area (Å²) in [6.07, 6.45) is 7.12. The molecule has 1 aliphatic carbocycles. The maximum Gasteiger partial charge on any atom is 0.236 e. The molecule has 29 heavy (non-hydrogen) atoms. The number of nitrogens with one attached hydrogen (secondary N) is 1. The maximum atomic E-state index is 12.4. The standard InChI is InChI=1S/C19H24N4O5S/c1-26-16-10-15(12-23-7-3-6-20-23)11-17-18(16)19(21-28-17)22-29(24,25)9-8-27-13-14-4-2-5-14/h3,6-7,10-11,14H,2,4-5,8-9,12-13H2,1H3,(H,21,22). The van der Waals surface area contributed by atoms with E-state index in [-0.39, 0.29) is 18.2 Å². The average molecular weight is 420 g/mol. The quantitative estimate of drug-likeness (QED) is 0.502. The number of anilines is 1. The Morgan fingerprint density at radius 2 is 2.21 bits per heavy atom. The van der Waals surface area contributed by atoms with E-state index in [0.29, 0.717) is 35.8 Å². The number of sulfonamides is 1. The number of fused-ring (bicyclic) bond motifs is 1. The van der Waals surface area contributed by atoms with E-state index >= 15 is 0 Å². The molecular weight excluding hydrogens is 396 g/mol. The monoisotopic (exact) mass is 420 g/mol. The predicted molar refractivity (Wildman–Crippen MR) is 107 cm³/mol. The van der Waals surface area contributed by atoms with E-state index in [0.717, 1.165) is 18.4 Å².